The number of halogens is 4. The molecule has 0 unspecified atom stereocenters. The maximum Gasteiger partial charge on any atom is 0.417 e. The molecule has 166 valence electrons. The van der Waals surface area contributed by atoms with E-state index in [9.17, 15) is 26.4 Å². The zero-order valence-electron chi connectivity index (χ0n) is 15.8. The van der Waals surface area contributed by atoms with Crippen LogP contribution in [0.4, 0.5) is 18.2 Å². The summed E-state index contributed by atoms with van der Waals surface area (Å²) in [6.45, 7) is 0.476. The second kappa shape index (κ2) is 9.13. The number of nitriles is 1. The van der Waals surface area contributed by atoms with Gasteiger partial charge in [-0.05, 0) is 29.6 Å². The molecule has 1 fully saturated rings. The molecule has 2 aromatic rings. The first-order chi connectivity index (χ1) is 14.5. The van der Waals surface area contributed by atoms with Gasteiger partial charge in [0.2, 0.25) is 15.9 Å². The number of piperazine rings is 1. The van der Waals surface area contributed by atoms with Crippen molar-refractivity contribution in [1.29, 1.82) is 5.26 Å². The van der Waals surface area contributed by atoms with Gasteiger partial charge in [0.1, 0.15) is 11.1 Å². The Balaban J connectivity index is 1.62. The summed E-state index contributed by atoms with van der Waals surface area (Å²) < 4.78 is 65.8. The monoisotopic (exact) mass is 492 g/mol. The van der Waals surface area contributed by atoms with E-state index in [4.69, 9.17) is 16.9 Å². The van der Waals surface area contributed by atoms with Crippen LogP contribution in [0.1, 0.15) is 11.1 Å². The van der Waals surface area contributed by atoms with Crippen molar-refractivity contribution in [3.63, 3.8) is 0 Å². The summed E-state index contributed by atoms with van der Waals surface area (Å²) in [6, 6.07) is 6.05. The Labute approximate surface area is 185 Å². The van der Waals surface area contributed by atoms with Crippen LogP contribution < -0.4 is 5.32 Å². The standard InChI is InChI=1S/C18H16ClF3N4O3S2/c19-15-2-1-13(9-14(15)18(20,21)22)31(28,29)26-6-4-25(5-7-26)11-16(27)24-17-12(10-23)3-8-30-17/h1-3,8-9H,4-7,11H2,(H,24,27). The van der Waals surface area contributed by atoms with Crippen molar-refractivity contribution < 1.29 is 26.4 Å². The molecule has 1 aromatic carbocycles. The van der Waals surface area contributed by atoms with Crippen LogP contribution >= 0.6 is 22.9 Å². The van der Waals surface area contributed by atoms with Gasteiger partial charge in [0.15, 0.2) is 0 Å². The lowest BCUT2D eigenvalue weighted by Crippen LogP contribution is -2.50. The van der Waals surface area contributed by atoms with Gasteiger partial charge in [-0.3, -0.25) is 9.69 Å². The number of alkyl halides is 3. The van der Waals surface area contributed by atoms with Gasteiger partial charge in [-0.1, -0.05) is 11.6 Å². The Morgan fingerprint density at radius 3 is 2.52 bits per heavy atom. The molecule has 1 saturated heterocycles. The third-order valence-corrected chi connectivity index (χ3v) is 7.67. The lowest BCUT2D eigenvalue weighted by molar-refractivity contribution is -0.137. The number of amides is 1. The summed E-state index contributed by atoms with van der Waals surface area (Å²) in [5.74, 6) is -0.345. The quantitative estimate of drug-likeness (QED) is 0.691. The Kier molecular flexibility index (Phi) is 6.92. The second-order valence-electron chi connectivity index (χ2n) is 6.64. The molecule has 0 spiro atoms. The third kappa shape index (κ3) is 5.36. The van der Waals surface area contributed by atoms with E-state index in [0.29, 0.717) is 16.6 Å². The van der Waals surface area contributed by atoms with Crippen LogP contribution in [0.25, 0.3) is 0 Å². The molecule has 1 aromatic heterocycles. The highest BCUT2D eigenvalue weighted by Gasteiger charge is 2.36. The molecule has 13 heteroatoms. The zero-order valence-corrected chi connectivity index (χ0v) is 18.2. The maximum absolute atomic E-state index is 13.1. The number of hydrogen-bond donors (Lipinski definition) is 1. The third-order valence-electron chi connectivity index (χ3n) is 4.62. The van der Waals surface area contributed by atoms with Crippen molar-refractivity contribution in [2.24, 2.45) is 0 Å². The van der Waals surface area contributed by atoms with Crippen LogP contribution in [-0.2, 0) is 21.0 Å². The van der Waals surface area contributed by atoms with Crippen molar-refractivity contribution in [2.75, 3.05) is 38.0 Å². The molecule has 0 radical (unpaired) electrons. The topological polar surface area (TPSA) is 93.5 Å². The predicted molar refractivity (Wildman–Crippen MR) is 109 cm³/mol. The number of thiophene rings is 1. The Morgan fingerprint density at radius 1 is 1.23 bits per heavy atom. The normalized spacial score (nSPS) is 16.1. The van der Waals surface area contributed by atoms with E-state index in [1.54, 1.807) is 16.3 Å². The fourth-order valence-electron chi connectivity index (χ4n) is 3.02. The van der Waals surface area contributed by atoms with Crippen LogP contribution in [0, 0.1) is 11.3 Å². The van der Waals surface area contributed by atoms with Crippen molar-refractivity contribution >= 4 is 43.9 Å². The molecule has 31 heavy (non-hydrogen) atoms. The van der Waals surface area contributed by atoms with E-state index < -0.39 is 31.7 Å². The van der Waals surface area contributed by atoms with E-state index in [1.165, 1.54) is 11.3 Å². The molecule has 1 N–H and O–H groups in total. The average Bonchev–Trinajstić information content (AvgIpc) is 3.14. The number of hydrogen-bond acceptors (Lipinski definition) is 6. The highest BCUT2D eigenvalue weighted by atomic mass is 35.5. The van der Waals surface area contributed by atoms with Gasteiger partial charge in [0.05, 0.1) is 27.6 Å². The van der Waals surface area contributed by atoms with Gasteiger partial charge >= 0.3 is 6.18 Å². The van der Waals surface area contributed by atoms with E-state index in [-0.39, 0.29) is 38.6 Å². The fourth-order valence-corrected chi connectivity index (χ4v) is 5.45. The number of sulfonamides is 1. The molecule has 3 rings (SSSR count). The summed E-state index contributed by atoms with van der Waals surface area (Å²) in [4.78, 5) is 13.4. The molecule has 0 saturated carbocycles. The number of rotatable bonds is 5. The SMILES string of the molecule is N#Cc1ccsc1NC(=O)CN1CCN(S(=O)(=O)c2ccc(Cl)c(C(F)(F)F)c2)CC1. The summed E-state index contributed by atoms with van der Waals surface area (Å²) in [7, 11) is -4.15. The summed E-state index contributed by atoms with van der Waals surface area (Å²) in [5.41, 5.74) is -0.855. The molecule has 0 atom stereocenters. The van der Waals surface area contributed by atoms with Crippen molar-refractivity contribution in [3.8, 4) is 6.07 Å². The number of anilines is 1. The van der Waals surface area contributed by atoms with Gasteiger partial charge in [0, 0.05) is 26.2 Å². The van der Waals surface area contributed by atoms with Crippen molar-refractivity contribution in [3.05, 3.63) is 45.8 Å². The molecule has 1 amide bonds. The first-order valence-electron chi connectivity index (χ1n) is 8.89. The Morgan fingerprint density at radius 2 is 1.90 bits per heavy atom. The Bertz CT molecular complexity index is 1120. The van der Waals surface area contributed by atoms with Gasteiger partial charge in [-0.25, -0.2) is 8.42 Å². The molecule has 1 aliphatic rings. The molecule has 1 aliphatic heterocycles. The maximum atomic E-state index is 13.1. The van der Waals surface area contributed by atoms with Crippen LogP contribution in [0.3, 0.4) is 0 Å². The highest BCUT2D eigenvalue weighted by molar-refractivity contribution is 7.89. The van der Waals surface area contributed by atoms with Crippen molar-refractivity contribution in [2.45, 2.75) is 11.1 Å². The first kappa shape index (κ1) is 23.5. The van der Waals surface area contributed by atoms with E-state index in [0.717, 1.165) is 16.4 Å². The van der Waals surface area contributed by atoms with Gasteiger partial charge in [0.25, 0.3) is 0 Å². The minimum absolute atomic E-state index is 0.00414. The van der Waals surface area contributed by atoms with Gasteiger partial charge in [-0.15, -0.1) is 11.3 Å². The number of nitrogens with one attached hydrogen (secondary N) is 1. The molecule has 7 nitrogen and oxygen atoms in total. The predicted octanol–water partition coefficient (Wildman–Crippen LogP) is 3.24. The highest BCUT2D eigenvalue weighted by Crippen LogP contribution is 2.36. The molecular formula is C18H16ClF3N4O3S2. The number of carbonyl (C=O) groups excluding carboxylic acids is 1. The smallest absolute Gasteiger partial charge is 0.315 e. The zero-order chi connectivity index (χ0) is 22.8. The lowest BCUT2D eigenvalue weighted by Gasteiger charge is -2.33. The minimum atomic E-state index is -4.78. The lowest BCUT2D eigenvalue weighted by atomic mass is 10.2. The summed E-state index contributed by atoms with van der Waals surface area (Å²) in [5, 5.41) is 13.2. The van der Waals surface area contributed by atoms with Crippen LogP contribution in [0.2, 0.25) is 5.02 Å². The second-order valence-corrected chi connectivity index (χ2v) is 9.90. The summed E-state index contributed by atoms with van der Waals surface area (Å²) >= 11 is 6.78. The van der Waals surface area contributed by atoms with Crippen molar-refractivity contribution in [1.82, 2.24) is 9.21 Å². The first-order valence-corrected chi connectivity index (χ1v) is 11.6. The van der Waals surface area contributed by atoms with Gasteiger partial charge in [-0.2, -0.15) is 22.7 Å². The minimum Gasteiger partial charge on any atom is -0.315 e. The molecule has 0 bridgehead atoms. The summed E-state index contributed by atoms with van der Waals surface area (Å²) in [6.07, 6.45) is -4.78. The number of carbonyl (C=O) groups is 1. The number of benzene rings is 1. The van der Waals surface area contributed by atoms with E-state index in [2.05, 4.69) is 5.32 Å². The van der Waals surface area contributed by atoms with Crippen LogP contribution in [-0.4, -0.2) is 56.3 Å². The Hall–Kier alpha value is -2.17. The van der Waals surface area contributed by atoms with Crippen LogP contribution in [0.5, 0.6) is 0 Å². The van der Waals surface area contributed by atoms with E-state index >= 15 is 0 Å². The van der Waals surface area contributed by atoms with E-state index in [1.807, 2.05) is 6.07 Å². The molecule has 0 aliphatic carbocycles. The van der Waals surface area contributed by atoms with Crippen LogP contribution in [0.15, 0.2) is 34.5 Å². The largest absolute Gasteiger partial charge is 0.417 e. The average molecular weight is 493 g/mol. The number of nitrogens with zero attached hydrogens (tertiary/aromatic N) is 3. The van der Waals surface area contributed by atoms with Gasteiger partial charge < -0.3 is 5.32 Å². The molecular weight excluding hydrogens is 477 g/mol. The fraction of sp³-hybridized carbons (Fsp3) is 0.333. The molecule has 2 heterocycles.